The molecule has 0 unspecified atom stereocenters. The Bertz CT molecular complexity index is 695. The number of aromatic nitrogens is 2. The van der Waals surface area contributed by atoms with Crippen LogP contribution < -0.4 is 5.32 Å². The Balaban J connectivity index is 1.30. The zero-order chi connectivity index (χ0) is 18.9. The molecule has 0 spiro atoms. The molecule has 8 nitrogen and oxygen atoms in total. The zero-order valence-electron chi connectivity index (χ0n) is 15.7. The number of H-pyrrole nitrogens is 1. The van der Waals surface area contributed by atoms with Crippen molar-refractivity contribution in [3.05, 3.63) is 17.5 Å². The van der Waals surface area contributed by atoms with Crippen LogP contribution in [0.15, 0.2) is 6.07 Å². The van der Waals surface area contributed by atoms with Gasteiger partial charge in [-0.2, -0.15) is 5.10 Å². The fourth-order valence-corrected chi connectivity index (χ4v) is 4.04. The van der Waals surface area contributed by atoms with Crippen molar-refractivity contribution in [2.75, 3.05) is 32.7 Å². The number of carbonyl (C=O) groups excluding carboxylic acids is 2. The minimum Gasteiger partial charge on any atom is -0.388 e. The Morgan fingerprint density at radius 1 is 1.15 bits per heavy atom. The molecule has 2 saturated heterocycles. The number of hydrogen-bond donors (Lipinski definition) is 3. The summed E-state index contributed by atoms with van der Waals surface area (Å²) >= 11 is 0. The molecule has 148 valence electrons. The first-order valence-corrected chi connectivity index (χ1v) is 10.1. The average Bonchev–Trinajstić information content (AvgIpc) is 3.20. The van der Waals surface area contributed by atoms with Crippen LogP contribution in [0.2, 0.25) is 0 Å². The van der Waals surface area contributed by atoms with Crippen molar-refractivity contribution >= 4 is 11.9 Å². The third kappa shape index (κ3) is 4.26. The van der Waals surface area contributed by atoms with Gasteiger partial charge in [-0.15, -0.1) is 0 Å². The number of rotatable bonds is 4. The van der Waals surface area contributed by atoms with Crippen molar-refractivity contribution in [2.24, 2.45) is 0 Å². The number of likely N-dealkylation sites (tertiary alicyclic amines) is 2. The maximum Gasteiger partial charge on any atom is 0.317 e. The summed E-state index contributed by atoms with van der Waals surface area (Å²) < 4.78 is 0. The minimum absolute atomic E-state index is 0.0801. The Kier molecular flexibility index (Phi) is 5.08. The summed E-state index contributed by atoms with van der Waals surface area (Å²) in [7, 11) is 0. The lowest BCUT2D eigenvalue weighted by atomic mass is 9.95. The van der Waals surface area contributed by atoms with E-state index in [2.05, 4.69) is 15.5 Å². The van der Waals surface area contributed by atoms with Crippen LogP contribution in [0.1, 0.15) is 67.0 Å². The lowest BCUT2D eigenvalue weighted by Gasteiger charge is -2.28. The monoisotopic (exact) mass is 375 g/mol. The number of aromatic amines is 1. The zero-order valence-corrected chi connectivity index (χ0v) is 15.7. The highest BCUT2D eigenvalue weighted by Crippen LogP contribution is 2.39. The summed E-state index contributed by atoms with van der Waals surface area (Å²) in [6.07, 6.45) is 6.16. The number of nitrogens with zero attached hydrogens (tertiary/aromatic N) is 3. The molecule has 3 aliphatic rings. The molecule has 0 aromatic carbocycles. The summed E-state index contributed by atoms with van der Waals surface area (Å²) in [5, 5.41) is 20.9. The first-order valence-electron chi connectivity index (χ1n) is 10.1. The van der Waals surface area contributed by atoms with Crippen molar-refractivity contribution in [1.82, 2.24) is 25.3 Å². The summed E-state index contributed by atoms with van der Waals surface area (Å²) in [5.41, 5.74) is 0.550. The van der Waals surface area contributed by atoms with E-state index in [9.17, 15) is 14.7 Å². The number of hydrogen-bond acceptors (Lipinski definition) is 4. The standard InChI is InChI=1S/C19H29N5O3/c25-17(16-12-15(21-22-16)14-4-5-14)23-10-3-6-19(27,7-11-23)13-20-18(26)24-8-1-2-9-24/h12,14,27H,1-11,13H2,(H,20,26)(H,21,22)/t19-/m1/s1. The molecule has 8 heteroatoms. The molecular weight excluding hydrogens is 346 g/mol. The quantitative estimate of drug-likeness (QED) is 0.741. The molecule has 1 aromatic rings. The van der Waals surface area contributed by atoms with Crippen LogP contribution in [0.4, 0.5) is 4.79 Å². The molecule has 4 rings (SSSR count). The van der Waals surface area contributed by atoms with E-state index < -0.39 is 5.60 Å². The second-order valence-corrected chi connectivity index (χ2v) is 8.21. The van der Waals surface area contributed by atoms with Crippen LogP contribution in [0.3, 0.4) is 0 Å². The number of carbonyl (C=O) groups is 2. The van der Waals surface area contributed by atoms with E-state index >= 15 is 0 Å². The van der Waals surface area contributed by atoms with Gasteiger partial charge in [-0.05, 0) is 51.0 Å². The molecule has 0 bridgehead atoms. The Morgan fingerprint density at radius 3 is 2.63 bits per heavy atom. The Hall–Kier alpha value is -2.09. The summed E-state index contributed by atoms with van der Waals surface area (Å²) in [6.45, 7) is 2.89. The van der Waals surface area contributed by atoms with Crippen molar-refractivity contribution in [3.8, 4) is 0 Å². The van der Waals surface area contributed by atoms with Gasteiger partial charge in [0.2, 0.25) is 0 Å². The van der Waals surface area contributed by atoms with Crippen LogP contribution in [0.5, 0.6) is 0 Å². The molecule has 1 saturated carbocycles. The largest absolute Gasteiger partial charge is 0.388 e. The first kappa shape index (κ1) is 18.3. The fraction of sp³-hybridized carbons (Fsp3) is 0.737. The lowest BCUT2D eigenvalue weighted by molar-refractivity contribution is 0.0269. The molecular formula is C19H29N5O3. The van der Waals surface area contributed by atoms with Gasteiger partial charge in [-0.25, -0.2) is 4.79 Å². The van der Waals surface area contributed by atoms with E-state index in [-0.39, 0.29) is 18.5 Å². The third-order valence-electron chi connectivity index (χ3n) is 6.00. The van der Waals surface area contributed by atoms with Crippen molar-refractivity contribution in [2.45, 2.75) is 56.5 Å². The highest BCUT2D eigenvalue weighted by molar-refractivity contribution is 5.92. The van der Waals surface area contributed by atoms with E-state index in [4.69, 9.17) is 0 Å². The maximum atomic E-state index is 12.7. The highest BCUT2D eigenvalue weighted by Gasteiger charge is 2.34. The number of nitrogens with one attached hydrogen (secondary N) is 2. The summed E-state index contributed by atoms with van der Waals surface area (Å²) in [6, 6.07) is 1.77. The van der Waals surface area contributed by atoms with Gasteiger partial charge in [0, 0.05) is 44.3 Å². The summed E-state index contributed by atoms with van der Waals surface area (Å²) in [5.74, 6) is 0.455. The van der Waals surface area contributed by atoms with Crippen LogP contribution in [-0.2, 0) is 0 Å². The molecule has 3 heterocycles. The van der Waals surface area contributed by atoms with Crippen molar-refractivity contribution in [3.63, 3.8) is 0 Å². The van der Waals surface area contributed by atoms with Gasteiger partial charge in [0.1, 0.15) is 5.69 Å². The Morgan fingerprint density at radius 2 is 1.89 bits per heavy atom. The van der Waals surface area contributed by atoms with E-state index in [0.29, 0.717) is 44.0 Å². The molecule has 3 amide bonds. The number of aliphatic hydroxyl groups is 1. The SMILES string of the molecule is O=C(NC[C@@]1(O)CCCN(C(=O)c2cc(C3CC3)[nH]n2)CC1)N1CCCC1. The van der Waals surface area contributed by atoms with E-state index in [1.165, 1.54) is 0 Å². The molecule has 2 aliphatic heterocycles. The van der Waals surface area contributed by atoms with Gasteiger partial charge >= 0.3 is 6.03 Å². The van der Waals surface area contributed by atoms with Gasteiger partial charge in [0.25, 0.3) is 5.91 Å². The predicted molar refractivity (Wildman–Crippen MR) is 99.5 cm³/mol. The number of urea groups is 1. The highest BCUT2D eigenvalue weighted by atomic mass is 16.3. The van der Waals surface area contributed by atoms with Gasteiger partial charge in [-0.1, -0.05) is 0 Å². The van der Waals surface area contributed by atoms with Crippen LogP contribution in [-0.4, -0.2) is 75.4 Å². The molecule has 1 atom stereocenters. The summed E-state index contributed by atoms with van der Waals surface area (Å²) in [4.78, 5) is 28.5. The average molecular weight is 375 g/mol. The third-order valence-corrected chi connectivity index (χ3v) is 6.00. The lowest BCUT2D eigenvalue weighted by Crippen LogP contribution is -2.47. The molecule has 1 aromatic heterocycles. The van der Waals surface area contributed by atoms with Crippen molar-refractivity contribution in [1.29, 1.82) is 0 Å². The smallest absolute Gasteiger partial charge is 0.317 e. The van der Waals surface area contributed by atoms with Crippen molar-refractivity contribution < 1.29 is 14.7 Å². The predicted octanol–water partition coefficient (Wildman–Crippen LogP) is 1.45. The van der Waals surface area contributed by atoms with Crippen LogP contribution in [0.25, 0.3) is 0 Å². The second-order valence-electron chi connectivity index (χ2n) is 8.21. The topological polar surface area (TPSA) is 102 Å². The van der Waals surface area contributed by atoms with E-state index in [1.54, 1.807) is 9.80 Å². The molecule has 0 radical (unpaired) electrons. The number of amides is 3. The fourth-order valence-electron chi connectivity index (χ4n) is 4.04. The minimum atomic E-state index is -0.963. The van der Waals surface area contributed by atoms with Gasteiger partial charge in [0.05, 0.1) is 5.60 Å². The van der Waals surface area contributed by atoms with Gasteiger partial charge in [0.15, 0.2) is 0 Å². The van der Waals surface area contributed by atoms with Gasteiger partial charge < -0.3 is 20.2 Å². The first-order chi connectivity index (χ1) is 13.0. The van der Waals surface area contributed by atoms with Gasteiger partial charge in [-0.3, -0.25) is 9.89 Å². The maximum absolute atomic E-state index is 12.7. The molecule has 3 N–H and O–H groups in total. The Labute approximate surface area is 159 Å². The van der Waals surface area contributed by atoms with E-state index in [1.807, 2.05) is 6.07 Å². The van der Waals surface area contributed by atoms with E-state index in [0.717, 1.165) is 44.5 Å². The van der Waals surface area contributed by atoms with Crippen LogP contribution >= 0.6 is 0 Å². The second kappa shape index (κ2) is 7.50. The molecule has 27 heavy (non-hydrogen) atoms. The molecule has 3 fully saturated rings. The molecule has 1 aliphatic carbocycles. The normalized spacial score (nSPS) is 26.1. The van der Waals surface area contributed by atoms with Crippen LogP contribution in [0, 0.1) is 0 Å².